The lowest BCUT2D eigenvalue weighted by molar-refractivity contribution is 0.0953. The number of para-hydroxylation sites is 1. The van der Waals surface area contributed by atoms with Gasteiger partial charge in [-0.15, -0.1) is 0 Å². The van der Waals surface area contributed by atoms with Crippen molar-refractivity contribution >= 4 is 5.91 Å². The Labute approximate surface area is 171 Å². The van der Waals surface area contributed by atoms with Crippen molar-refractivity contribution in [3.63, 3.8) is 0 Å². The molecule has 0 aliphatic rings. The predicted molar refractivity (Wildman–Crippen MR) is 118 cm³/mol. The minimum absolute atomic E-state index is 0.0368. The van der Waals surface area contributed by atoms with Crippen LogP contribution in [0.1, 0.15) is 21.6 Å². The van der Waals surface area contributed by atoms with Crippen molar-refractivity contribution in [2.24, 2.45) is 0 Å². The number of amides is 1. The van der Waals surface area contributed by atoms with Crippen LogP contribution in [0.5, 0.6) is 0 Å². The highest BCUT2D eigenvalue weighted by molar-refractivity contribution is 5.97. The molecule has 29 heavy (non-hydrogen) atoms. The van der Waals surface area contributed by atoms with E-state index in [9.17, 15) is 4.79 Å². The molecule has 0 unspecified atom stereocenters. The standard InChI is InChI=1S/C26H24N2O/c1-20-24(26(29)27-18-17-21-11-5-2-6-12-21)19-25(22-13-7-3-8-14-22)28(20)23-15-9-4-10-16-23/h2-16,19H,17-18H2,1H3,(H,27,29). The summed E-state index contributed by atoms with van der Waals surface area (Å²) in [6, 6.07) is 32.6. The molecule has 4 rings (SSSR count). The summed E-state index contributed by atoms with van der Waals surface area (Å²) >= 11 is 0. The molecule has 0 radical (unpaired) electrons. The lowest BCUT2D eigenvalue weighted by Crippen LogP contribution is -2.26. The maximum absolute atomic E-state index is 13.0. The van der Waals surface area contributed by atoms with Crippen LogP contribution in [0.2, 0.25) is 0 Å². The molecule has 1 aromatic heterocycles. The van der Waals surface area contributed by atoms with Gasteiger partial charge in [0.25, 0.3) is 5.91 Å². The van der Waals surface area contributed by atoms with E-state index in [1.165, 1.54) is 5.56 Å². The Morgan fingerprint density at radius 3 is 2.07 bits per heavy atom. The summed E-state index contributed by atoms with van der Waals surface area (Å²) < 4.78 is 2.15. The Bertz CT molecular complexity index is 1080. The van der Waals surface area contributed by atoms with E-state index < -0.39 is 0 Å². The number of carbonyl (C=O) groups is 1. The zero-order chi connectivity index (χ0) is 20.1. The first-order chi connectivity index (χ1) is 14.2. The first-order valence-corrected chi connectivity index (χ1v) is 9.89. The van der Waals surface area contributed by atoms with Crippen molar-refractivity contribution in [3.05, 3.63) is 114 Å². The van der Waals surface area contributed by atoms with Gasteiger partial charge in [-0.2, -0.15) is 0 Å². The Kier molecular flexibility index (Phi) is 5.57. The molecule has 0 aliphatic heterocycles. The van der Waals surface area contributed by atoms with Crippen LogP contribution in [-0.2, 0) is 6.42 Å². The maximum Gasteiger partial charge on any atom is 0.253 e. The van der Waals surface area contributed by atoms with E-state index in [0.29, 0.717) is 12.1 Å². The molecule has 1 heterocycles. The molecule has 1 N–H and O–H groups in total. The molecule has 0 aliphatic carbocycles. The summed E-state index contributed by atoms with van der Waals surface area (Å²) in [5, 5.41) is 3.08. The second kappa shape index (κ2) is 8.61. The number of carbonyl (C=O) groups excluding carboxylic acids is 1. The molecule has 1 amide bonds. The third kappa shape index (κ3) is 4.14. The van der Waals surface area contributed by atoms with Crippen molar-refractivity contribution in [2.75, 3.05) is 6.54 Å². The molecule has 3 nitrogen and oxygen atoms in total. The van der Waals surface area contributed by atoms with Crippen LogP contribution in [0, 0.1) is 6.92 Å². The number of nitrogens with one attached hydrogen (secondary N) is 1. The van der Waals surface area contributed by atoms with E-state index in [4.69, 9.17) is 0 Å². The minimum atomic E-state index is -0.0368. The third-order valence-electron chi connectivity index (χ3n) is 5.12. The number of rotatable bonds is 6. The maximum atomic E-state index is 13.0. The van der Waals surface area contributed by atoms with E-state index in [1.54, 1.807) is 0 Å². The summed E-state index contributed by atoms with van der Waals surface area (Å²) in [4.78, 5) is 13.0. The van der Waals surface area contributed by atoms with E-state index in [2.05, 4.69) is 46.3 Å². The first kappa shape index (κ1) is 18.8. The van der Waals surface area contributed by atoms with E-state index in [-0.39, 0.29) is 5.91 Å². The molecule has 0 bridgehead atoms. The van der Waals surface area contributed by atoms with Gasteiger partial charge in [-0.1, -0.05) is 78.9 Å². The van der Waals surface area contributed by atoms with Crippen LogP contribution in [0.4, 0.5) is 0 Å². The molecule has 3 aromatic carbocycles. The normalized spacial score (nSPS) is 10.7. The molecular formula is C26H24N2O. The van der Waals surface area contributed by atoms with Crippen molar-refractivity contribution < 1.29 is 4.79 Å². The third-order valence-corrected chi connectivity index (χ3v) is 5.12. The number of nitrogens with zero attached hydrogens (tertiary/aromatic N) is 1. The summed E-state index contributed by atoms with van der Waals surface area (Å²) in [6.07, 6.45) is 0.816. The molecule has 0 atom stereocenters. The number of hydrogen-bond donors (Lipinski definition) is 1. The first-order valence-electron chi connectivity index (χ1n) is 9.89. The fraction of sp³-hybridized carbons (Fsp3) is 0.115. The molecule has 0 spiro atoms. The van der Waals surface area contributed by atoms with Crippen molar-refractivity contribution in [1.29, 1.82) is 0 Å². The highest BCUT2D eigenvalue weighted by Gasteiger charge is 2.19. The predicted octanol–water partition coefficient (Wildman–Crippen LogP) is 5.43. The molecule has 0 saturated heterocycles. The minimum Gasteiger partial charge on any atom is -0.352 e. The lowest BCUT2D eigenvalue weighted by Gasteiger charge is -2.12. The van der Waals surface area contributed by atoms with Crippen LogP contribution < -0.4 is 5.32 Å². The van der Waals surface area contributed by atoms with Gasteiger partial charge in [-0.25, -0.2) is 0 Å². The van der Waals surface area contributed by atoms with Crippen LogP contribution in [0.25, 0.3) is 16.9 Å². The largest absolute Gasteiger partial charge is 0.352 e. The Hall–Kier alpha value is -3.59. The number of benzene rings is 3. The molecule has 0 saturated carbocycles. The van der Waals surface area contributed by atoms with Gasteiger partial charge in [-0.3, -0.25) is 4.79 Å². The van der Waals surface area contributed by atoms with Crippen LogP contribution in [0.3, 0.4) is 0 Å². The highest BCUT2D eigenvalue weighted by Crippen LogP contribution is 2.29. The average Bonchev–Trinajstić information content (AvgIpc) is 3.13. The van der Waals surface area contributed by atoms with Crippen molar-refractivity contribution in [1.82, 2.24) is 9.88 Å². The van der Waals surface area contributed by atoms with Gasteiger partial charge in [0.2, 0.25) is 0 Å². The lowest BCUT2D eigenvalue weighted by atomic mass is 10.1. The molecule has 0 fully saturated rings. The zero-order valence-corrected chi connectivity index (χ0v) is 16.5. The van der Waals surface area contributed by atoms with Gasteiger partial charge in [-0.05, 0) is 42.7 Å². The van der Waals surface area contributed by atoms with Gasteiger partial charge in [0.15, 0.2) is 0 Å². The monoisotopic (exact) mass is 380 g/mol. The van der Waals surface area contributed by atoms with Gasteiger partial charge in [0.05, 0.1) is 11.3 Å². The van der Waals surface area contributed by atoms with Gasteiger partial charge in [0, 0.05) is 17.9 Å². The fourth-order valence-electron chi connectivity index (χ4n) is 3.63. The average molecular weight is 380 g/mol. The van der Waals surface area contributed by atoms with Crippen LogP contribution in [0.15, 0.2) is 97.1 Å². The van der Waals surface area contributed by atoms with E-state index in [0.717, 1.165) is 29.1 Å². The molecule has 3 heteroatoms. The molecule has 4 aromatic rings. The second-order valence-corrected chi connectivity index (χ2v) is 7.06. The summed E-state index contributed by atoms with van der Waals surface area (Å²) in [5.74, 6) is -0.0368. The number of hydrogen-bond acceptors (Lipinski definition) is 1. The smallest absolute Gasteiger partial charge is 0.253 e. The van der Waals surface area contributed by atoms with Gasteiger partial charge in [0.1, 0.15) is 0 Å². The van der Waals surface area contributed by atoms with Gasteiger partial charge >= 0.3 is 0 Å². The van der Waals surface area contributed by atoms with Crippen molar-refractivity contribution in [2.45, 2.75) is 13.3 Å². The zero-order valence-electron chi connectivity index (χ0n) is 16.5. The Morgan fingerprint density at radius 2 is 1.41 bits per heavy atom. The SMILES string of the molecule is Cc1c(C(=O)NCCc2ccccc2)cc(-c2ccccc2)n1-c1ccccc1. The quantitative estimate of drug-likeness (QED) is 0.476. The van der Waals surface area contributed by atoms with Gasteiger partial charge < -0.3 is 9.88 Å². The van der Waals surface area contributed by atoms with E-state index in [1.807, 2.05) is 67.6 Å². The van der Waals surface area contributed by atoms with Crippen molar-refractivity contribution in [3.8, 4) is 16.9 Å². The van der Waals surface area contributed by atoms with Crippen LogP contribution >= 0.6 is 0 Å². The molecule has 144 valence electrons. The van der Waals surface area contributed by atoms with Crippen LogP contribution in [-0.4, -0.2) is 17.0 Å². The Morgan fingerprint density at radius 1 is 0.828 bits per heavy atom. The molecular weight excluding hydrogens is 356 g/mol. The fourth-order valence-corrected chi connectivity index (χ4v) is 3.63. The number of aromatic nitrogens is 1. The topological polar surface area (TPSA) is 34.0 Å². The summed E-state index contributed by atoms with van der Waals surface area (Å²) in [7, 11) is 0. The second-order valence-electron chi connectivity index (χ2n) is 7.06. The highest BCUT2D eigenvalue weighted by atomic mass is 16.1. The summed E-state index contributed by atoms with van der Waals surface area (Å²) in [5.41, 5.74) is 6.02. The summed E-state index contributed by atoms with van der Waals surface area (Å²) in [6.45, 7) is 2.62. The Balaban J connectivity index is 1.63. The van der Waals surface area contributed by atoms with E-state index >= 15 is 0 Å².